The highest BCUT2D eigenvalue weighted by molar-refractivity contribution is 8.00. The molecular formula is C12H17NOS. The lowest BCUT2D eigenvalue weighted by molar-refractivity contribution is 0.416. The van der Waals surface area contributed by atoms with Gasteiger partial charge in [-0.3, -0.25) is 0 Å². The number of methoxy groups -OCH3 is 1. The molecule has 1 saturated heterocycles. The number of para-hydroxylation sites is 2. The minimum Gasteiger partial charge on any atom is -0.495 e. The fraction of sp³-hybridized carbons (Fsp3) is 0.500. The summed E-state index contributed by atoms with van der Waals surface area (Å²) in [5.41, 5.74) is 1.11. The van der Waals surface area contributed by atoms with Gasteiger partial charge in [-0.05, 0) is 24.3 Å². The third-order valence-electron chi connectivity index (χ3n) is 2.82. The quantitative estimate of drug-likeness (QED) is 0.851. The van der Waals surface area contributed by atoms with E-state index in [9.17, 15) is 0 Å². The Kier molecular flexibility index (Phi) is 3.41. The van der Waals surface area contributed by atoms with Crippen LogP contribution in [-0.2, 0) is 0 Å². The van der Waals surface area contributed by atoms with Crippen LogP contribution in [0.25, 0.3) is 0 Å². The van der Waals surface area contributed by atoms with E-state index in [1.807, 2.05) is 30.0 Å². The third kappa shape index (κ3) is 2.40. The van der Waals surface area contributed by atoms with Gasteiger partial charge >= 0.3 is 0 Å². The van der Waals surface area contributed by atoms with Gasteiger partial charge in [0.2, 0.25) is 0 Å². The van der Waals surface area contributed by atoms with Crippen LogP contribution in [0.3, 0.4) is 0 Å². The topological polar surface area (TPSA) is 21.3 Å². The van der Waals surface area contributed by atoms with Crippen LogP contribution in [0.4, 0.5) is 5.69 Å². The summed E-state index contributed by atoms with van der Waals surface area (Å²) in [7, 11) is 1.72. The van der Waals surface area contributed by atoms with Crippen LogP contribution in [0.2, 0.25) is 0 Å². The van der Waals surface area contributed by atoms with E-state index in [0.29, 0.717) is 11.3 Å². The first kappa shape index (κ1) is 10.7. The molecule has 15 heavy (non-hydrogen) atoms. The second kappa shape index (κ2) is 4.79. The summed E-state index contributed by atoms with van der Waals surface area (Å²) in [4.78, 5) is 0. The number of ether oxygens (including phenoxy) is 1. The summed E-state index contributed by atoms with van der Waals surface area (Å²) < 4.78 is 5.32. The number of hydrogen-bond donors (Lipinski definition) is 1. The maximum absolute atomic E-state index is 5.32. The summed E-state index contributed by atoms with van der Waals surface area (Å²) >= 11 is 2.03. The third-order valence-corrected chi connectivity index (χ3v) is 4.15. The number of rotatable bonds is 3. The Morgan fingerprint density at radius 3 is 2.87 bits per heavy atom. The molecule has 1 aromatic carbocycles. The largest absolute Gasteiger partial charge is 0.495 e. The Labute approximate surface area is 95.4 Å². The number of nitrogens with one attached hydrogen (secondary N) is 1. The van der Waals surface area contributed by atoms with Crippen molar-refractivity contribution >= 4 is 17.4 Å². The number of anilines is 1. The highest BCUT2D eigenvalue weighted by atomic mass is 32.2. The average Bonchev–Trinajstić information content (AvgIpc) is 2.65. The van der Waals surface area contributed by atoms with Crippen molar-refractivity contribution in [3.63, 3.8) is 0 Å². The molecule has 0 amide bonds. The SMILES string of the molecule is COc1ccccc1NC1CCSC1C. The lowest BCUT2D eigenvalue weighted by Crippen LogP contribution is -2.24. The lowest BCUT2D eigenvalue weighted by atomic mass is 10.1. The highest BCUT2D eigenvalue weighted by Gasteiger charge is 2.24. The maximum atomic E-state index is 5.32. The van der Waals surface area contributed by atoms with Crippen LogP contribution in [0.5, 0.6) is 5.75 Å². The highest BCUT2D eigenvalue weighted by Crippen LogP contribution is 2.31. The van der Waals surface area contributed by atoms with Gasteiger partial charge in [0.25, 0.3) is 0 Å². The Balaban J connectivity index is 2.09. The zero-order valence-electron chi connectivity index (χ0n) is 9.19. The van der Waals surface area contributed by atoms with Crippen molar-refractivity contribution in [2.45, 2.75) is 24.6 Å². The van der Waals surface area contributed by atoms with Crippen molar-refractivity contribution in [2.24, 2.45) is 0 Å². The van der Waals surface area contributed by atoms with Gasteiger partial charge < -0.3 is 10.1 Å². The average molecular weight is 223 g/mol. The molecule has 0 aliphatic carbocycles. The van der Waals surface area contributed by atoms with E-state index >= 15 is 0 Å². The molecule has 2 nitrogen and oxygen atoms in total. The molecule has 0 spiro atoms. The Hall–Kier alpha value is -0.830. The van der Waals surface area contributed by atoms with Crippen molar-refractivity contribution in [3.05, 3.63) is 24.3 Å². The molecular weight excluding hydrogens is 206 g/mol. The molecule has 2 unspecified atom stereocenters. The van der Waals surface area contributed by atoms with Crippen LogP contribution in [-0.4, -0.2) is 24.2 Å². The molecule has 0 aromatic heterocycles. The van der Waals surface area contributed by atoms with Gasteiger partial charge in [0, 0.05) is 11.3 Å². The normalized spacial score (nSPS) is 25.2. The predicted molar refractivity (Wildman–Crippen MR) is 66.9 cm³/mol. The fourth-order valence-corrected chi connectivity index (χ4v) is 3.08. The van der Waals surface area contributed by atoms with E-state index in [-0.39, 0.29) is 0 Å². The molecule has 1 fully saturated rings. The van der Waals surface area contributed by atoms with Gasteiger partial charge in [0.05, 0.1) is 12.8 Å². The standard InChI is InChI=1S/C12H17NOS/c1-9-10(7-8-15-9)13-11-5-3-4-6-12(11)14-2/h3-6,9-10,13H,7-8H2,1-2H3. The van der Waals surface area contributed by atoms with Gasteiger partial charge in [-0.1, -0.05) is 19.1 Å². The van der Waals surface area contributed by atoms with Gasteiger partial charge in [-0.2, -0.15) is 11.8 Å². The van der Waals surface area contributed by atoms with E-state index in [1.165, 1.54) is 12.2 Å². The van der Waals surface area contributed by atoms with Crippen LogP contribution in [0.1, 0.15) is 13.3 Å². The van der Waals surface area contributed by atoms with Crippen LogP contribution in [0.15, 0.2) is 24.3 Å². The van der Waals surface area contributed by atoms with E-state index in [1.54, 1.807) is 7.11 Å². The van der Waals surface area contributed by atoms with Crippen molar-refractivity contribution in [2.75, 3.05) is 18.2 Å². The van der Waals surface area contributed by atoms with Crippen molar-refractivity contribution in [1.29, 1.82) is 0 Å². The van der Waals surface area contributed by atoms with E-state index < -0.39 is 0 Å². The van der Waals surface area contributed by atoms with Gasteiger partial charge in [0.1, 0.15) is 5.75 Å². The van der Waals surface area contributed by atoms with Crippen LogP contribution >= 0.6 is 11.8 Å². The molecule has 0 radical (unpaired) electrons. The first-order valence-corrected chi connectivity index (χ1v) is 6.37. The molecule has 1 N–H and O–H groups in total. The van der Waals surface area contributed by atoms with Gasteiger partial charge in [-0.15, -0.1) is 0 Å². The summed E-state index contributed by atoms with van der Waals surface area (Å²) in [5, 5.41) is 4.25. The van der Waals surface area contributed by atoms with E-state index in [4.69, 9.17) is 4.74 Å². The summed E-state index contributed by atoms with van der Waals surface area (Å²) in [6.45, 7) is 2.28. The molecule has 82 valence electrons. The molecule has 1 heterocycles. The Morgan fingerprint density at radius 1 is 1.40 bits per heavy atom. The molecule has 2 rings (SSSR count). The number of hydrogen-bond acceptors (Lipinski definition) is 3. The smallest absolute Gasteiger partial charge is 0.141 e. The monoisotopic (exact) mass is 223 g/mol. The Bertz CT molecular complexity index is 329. The zero-order valence-corrected chi connectivity index (χ0v) is 10.0. The minimum absolute atomic E-state index is 0.575. The van der Waals surface area contributed by atoms with Gasteiger partial charge in [-0.25, -0.2) is 0 Å². The lowest BCUT2D eigenvalue weighted by Gasteiger charge is -2.19. The molecule has 0 saturated carbocycles. The minimum atomic E-state index is 0.575. The molecule has 3 heteroatoms. The van der Waals surface area contributed by atoms with Gasteiger partial charge in [0.15, 0.2) is 0 Å². The molecule has 0 bridgehead atoms. The molecule has 1 aliphatic heterocycles. The molecule has 1 aromatic rings. The zero-order chi connectivity index (χ0) is 10.7. The second-order valence-electron chi connectivity index (χ2n) is 3.82. The van der Waals surface area contributed by atoms with Crippen molar-refractivity contribution in [3.8, 4) is 5.75 Å². The number of benzene rings is 1. The predicted octanol–water partition coefficient (Wildman–Crippen LogP) is 3.00. The summed E-state index contributed by atoms with van der Waals surface area (Å²) in [6.07, 6.45) is 1.24. The molecule has 1 aliphatic rings. The summed E-state index contributed by atoms with van der Waals surface area (Å²) in [5.74, 6) is 2.19. The Morgan fingerprint density at radius 2 is 2.20 bits per heavy atom. The second-order valence-corrected chi connectivity index (χ2v) is 5.30. The molecule has 2 atom stereocenters. The summed E-state index contributed by atoms with van der Waals surface area (Å²) in [6, 6.07) is 8.68. The van der Waals surface area contributed by atoms with Crippen LogP contribution in [0, 0.1) is 0 Å². The van der Waals surface area contributed by atoms with Crippen molar-refractivity contribution in [1.82, 2.24) is 0 Å². The fourth-order valence-electron chi connectivity index (χ4n) is 1.88. The first-order chi connectivity index (χ1) is 7.31. The first-order valence-electron chi connectivity index (χ1n) is 5.32. The van der Waals surface area contributed by atoms with E-state index in [0.717, 1.165) is 11.4 Å². The van der Waals surface area contributed by atoms with Crippen molar-refractivity contribution < 1.29 is 4.74 Å². The van der Waals surface area contributed by atoms with Crippen LogP contribution < -0.4 is 10.1 Å². The number of thioether (sulfide) groups is 1. The maximum Gasteiger partial charge on any atom is 0.141 e. The van der Waals surface area contributed by atoms with E-state index in [2.05, 4.69) is 18.3 Å².